The number of likely N-dealkylation sites (N-methyl/N-ethyl adjacent to an activating group) is 2. The van der Waals surface area contributed by atoms with Crippen molar-refractivity contribution in [3.63, 3.8) is 0 Å². The lowest BCUT2D eigenvalue weighted by molar-refractivity contribution is -0.244. The van der Waals surface area contributed by atoms with Crippen LogP contribution in [0.4, 0.5) is 0 Å². The maximum Gasteiger partial charge on any atom is 0.254 e. The van der Waals surface area contributed by atoms with Crippen LogP contribution >= 0.6 is 0 Å². The third kappa shape index (κ3) is 5.17. The van der Waals surface area contributed by atoms with Gasteiger partial charge >= 0.3 is 0 Å². The average molecular weight is 626 g/mol. The van der Waals surface area contributed by atoms with Gasteiger partial charge in [0.15, 0.2) is 12.1 Å². The van der Waals surface area contributed by atoms with Crippen molar-refractivity contribution < 1.29 is 48.7 Å². The molecule has 2 aliphatic carbocycles. The molecule has 2 aliphatic heterocycles. The SMILES string of the molecule is COc1cccc2c1C(=O)c1c(O)c3c(c(O)c1C2=O)C[C@@](O)(C(=O)N(C)CCN(C)C)C[C@@H]3OC1CC2NCOC2C(C)O1. The van der Waals surface area contributed by atoms with E-state index in [-0.39, 0.29) is 58.2 Å². The van der Waals surface area contributed by atoms with Crippen molar-refractivity contribution in [1.29, 1.82) is 0 Å². The summed E-state index contributed by atoms with van der Waals surface area (Å²) in [4.78, 5) is 44.8. The molecule has 2 aromatic carbocycles. The van der Waals surface area contributed by atoms with Crippen molar-refractivity contribution in [2.24, 2.45) is 0 Å². The standard InChI is InChI=1S/C32H39N3O10/c1-15-30-18(33-14-43-30)11-21(44-15)45-20-13-32(41,31(40)35(4)10-9-34(2)3)12-17-23(20)29(39)25-24(27(17)37)26(36)16-7-6-8-19(42-5)22(16)28(25)38/h6-8,15,18,20-21,30,33,37,39,41H,9-14H2,1-5H3/t15?,18?,20-,21?,30?,32-/m0/s1. The fraction of sp³-hybridized carbons (Fsp3) is 0.531. The van der Waals surface area contributed by atoms with Gasteiger partial charge in [-0.3, -0.25) is 19.7 Å². The first-order valence-electron chi connectivity index (χ1n) is 15.0. The van der Waals surface area contributed by atoms with Crippen LogP contribution in [0.1, 0.15) is 68.8 Å². The predicted octanol–water partition coefficient (Wildman–Crippen LogP) is 1.09. The van der Waals surface area contributed by atoms with E-state index in [1.165, 1.54) is 24.1 Å². The van der Waals surface area contributed by atoms with Crippen LogP contribution in [0, 0.1) is 0 Å². The summed E-state index contributed by atoms with van der Waals surface area (Å²) in [6.45, 7) is 3.07. The Morgan fingerprint density at radius 3 is 2.53 bits per heavy atom. The molecule has 0 saturated carbocycles. The fourth-order valence-corrected chi connectivity index (χ4v) is 7.02. The smallest absolute Gasteiger partial charge is 0.254 e. The molecular weight excluding hydrogens is 586 g/mol. The molecule has 4 unspecified atom stereocenters. The Morgan fingerprint density at radius 1 is 1.09 bits per heavy atom. The Balaban J connectivity index is 1.46. The number of carbonyl (C=O) groups excluding carboxylic acids is 3. The van der Waals surface area contributed by atoms with E-state index in [4.69, 9.17) is 18.9 Å². The molecule has 0 radical (unpaired) electrons. The zero-order valence-electron chi connectivity index (χ0n) is 26.0. The molecule has 2 fully saturated rings. The number of ether oxygens (including phenoxy) is 4. The lowest BCUT2D eigenvalue weighted by Gasteiger charge is -2.43. The molecule has 2 heterocycles. The highest BCUT2D eigenvalue weighted by Gasteiger charge is 2.51. The van der Waals surface area contributed by atoms with E-state index in [0.717, 1.165) is 0 Å². The van der Waals surface area contributed by atoms with Crippen LogP contribution in [0.5, 0.6) is 17.2 Å². The van der Waals surface area contributed by atoms with E-state index in [2.05, 4.69) is 5.32 Å². The Kier molecular flexibility index (Phi) is 8.13. The molecule has 2 aromatic rings. The van der Waals surface area contributed by atoms with E-state index < -0.39 is 59.0 Å². The topological polar surface area (TPSA) is 167 Å². The summed E-state index contributed by atoms with van der Waals surface area (Å²) in [7, 11) is 6.67. The van der Waals surface area contributed by atoms with Gasteiger partial charge in [-0.1, -0.05) is 12.1 Å². The minimum absolute atomic E-state index is 0.00490. The van der Waals surface area contributed by atoms with Crippen molar-refractivity contribution in [2.45, 2.75) is 62.4 Å². The van der Waals surface area contributed by atoms with Crippen LogP contribution < -0.4 is 10.1 Å². The van der Waals surface area contributed by atoms with Crippen molar-refractivity contribution in [2.75, 3.05) is 48.1 Å². The van der Waals surface area contributed by atoms with Crippen LogP contribution in [0.25, 0.3) is 0 Å². The summed E-state index contributed by atoms with van der Waals surface area (Å²) in [5, 5.41) is 38.7. The average Bonchev–Trinajstić information content (AvgIpc) is 3.48. The first kappa shape index (κ1) is 31.4. The largest absolute Gasteiger partial charge is 0.507 e. The molecule has 242 valence electrons. The fourth-order valence-electron chi connectivity index (χ4n) is 7.02. The van der Waals surface area contributed by atoms with Crippen LogP contribution in [0.3, 0.4) is 0 Å². The number of nitrogens with zero attached hydrogens (tertiary/aromatic N) is 2. The summed E-state index contributed by atoms with van der Waals surface area (Å²) >= 11 is 0. The molecule has 13 heteroatoms. The number of rotatable bonds is 7. The second kappa shape index (κ2) is 11.6. The minimum Gasteiger partial charge on any atom is -0.507 e. The number of nitrogens with one attached hydrogen (secondary N) is 1. The maximum atomic E-state index is 13.9. The molecule has 4 aliphatic rings. The first-order chi connectivity index (χ1) is 21.4. The van der Waals surface area contributed by atoms with Crippen LogP contribution in [0.15, 0.2) is 18.2 Å². The summed E-state index contributed by atoms with van der Waals surface area (Å²) in [5.41, 5.74) is -2.90. The van der Waals surface area contributed by atoms with Gasteiger partial charge in [-0.15, -0.1) is 0 Å². The number of fused-ring (bicyclic) bond motifs is 4. The highest BCUT2D eigenvalue weighted by Crippen LogP contribution is 2.52. The summed E-state index contributed by atoms with van der Waals surface area (Å²) in [6.07, 6.45) is -2.92. The molecule has 0 aromatic heterocycles. The second-order valence-corrected chi connectivity index (χ2v) is 12.5. The lowest BCUT2D eigenvalue weighted by atomic mass is 9.72. The van der Waals surface area contributed by atoms with Gasteiger partial charge in [0.2, 0.25) is 5.78 Å². The first-order valence-corrected chi connectivity index (χ1v) is 15.0. The molecule has 0 spiro atoms. The normalized spacial score (nSPS) is 28.7. The Labute approximate surface area is 260 Å². The van der Waals surface area contributed by atoms with Crippen LogP contribution in [0.2, 0.25) is 0 Å². The Hall–Kier alpha value is -3.59. The van der Waals surface area contributed by atoms with Crippen LogP contribution in [-0.4, -0.2) is 121 Å². The van der Waals surface area contributed by atoms with Crippen molar-refractivity contribution >= 4 is 17.5 Å². The molecule has 6 atom stereocenters. The number of ketones is 2. The Bertz CT molecular complexity index is 1560. The highest BCUT2D eigenvalue weighted by molar-refractivity contribution is 6.31. The zero-order chi connectivity index (χ0) is 32.4. The number of carbonyl (C=O) groups is 3. The van der Waals surface area contributed by atoms with Gasteiger partial charge in [0, 0.05) is 62.1 Å². The van der Waals surface area contributed by atoms with Gasteiger partial charge in [0.25, 0.3) is 5.91 Å². The molecule has 45 heavy (non-hydrogen) atoms. The van der Waals surface area contributed by atoms with Gasteiger partial charge in [0.1, 0.15) is 29.0 Å². The van der Waals surface area contributed by atoms with E-state index in [9.17, 15) is 29.7 Å². The number of hydrogen-bond donors (Lipinski definition) is 4. The quantitative estimate of drug-likeness (QED) is 0.277. The third-order valence-corrected chi connectivity index (χ3v) is 9.31. The molecular formula is C32H39N3O10. The number of phenols is 2. The van der Waals surface area contributed by atoms with Crippen molar-refractivity contribution in [3.05, 3.63) is 51.6 Å². The highest BCUT2D eigenvalue weighted by atomic mass is 16.7. The molecule has 6 rings (SSSR count). The minimum atomic E-state index is -2.07. The van der Waals surface area contributed by atoms with E-state index >= 15 is 0 Å². The Morgan fingerprint density at radius 2 is 1.82 bits per heavy atom. The number of aliphatic hydroxyl groups is 1. The summed E-state index contributed by atoms with van der Waals surface area (Å²) in [6, 6.07) is 4.45. The maximum absolute atomic E-state index is 13.9. The summed E-state index contributed by atoms with van der Waals surface area (Å²) < 4.78 is 23.6. The van der Waals surface area contributed by atoms with Gasteiger partial charge in [0.05, 0.1) is 42.7 Å². The third-order valence-electron chi connectivity index (χ3n) is 9.31. The number of aromatic hydroxyl groups is 2. The zero-order valence-corrected chi connectivity index (χ0v) is 26.0. The van der Waals surface area contributed by atoms with Gasteiger partial charge in [-0.05, 0) is 27.1 Å². The molecule has 0 bridgehead atoms. The van der Waals surface area contributed by atoms with Crippen molar-refractivity contribution in [3.8, 4) is 17.2 Å². The number of amides is 1. The van der Waals surface area contributed by atoms with E-state index in [1.54, 1.807) is 13.1 Å². The predicted molar refractivity (Wildman–Crippen MR) is 159 cm³/mol. The second-order valence-electron chi connectivity index (χ2n) is 12.5. The monoisotopic (exact) mass is 625 g/mol. The van der Waals surface area contributed by atoms with Gasteiger partial charge in [-0.25, -0.2) is 0 Å². The molecule has 1 amide bonds. The molecule has 4 N–H and O–H groups in total. The van der Waals surface area contributed by atoms with Crippen LogP contribution in [-0.2, 0) is 25.4 Å². The summed E-state index contributed by atoms with van der Waals surface area (Å²) in [5.74, 6) is -3.02. The van der Waals surface area contributed by atoms with Crippen molar-refractivity contribution in [1.82, 2.24) is 15.1 Å². The van der Waals surface area contributed by atoms with E-state index in [0.29, 0.717) is 26.2 Å². The lowest BCUT2D eigenvalue weighted by Crippen LogP contribution is -2.54. The number of phenolic OH excluding ortho intramolecular Hbond substituents is 2. The van der Waals surface area contributed by atoms with Gasteiger partial charge < -0.3 is 44.1 Å². The van der Waals surface area contributed by atoms with E-state index in [1.807, 2.05) is 25.9 Å². The molecule has 2 saturated heterocycles. The number of hydrogen-bond acceptors (Lipinski definition) is 12. The van der Waals surface area contributed by atoms with Gasteiger partial charge in [-0.2, -0.15) is 0 Å². The molecule has 13 nitrogen and oxygen atoms in total. The number of methoxy groups -OCH3 is 1. The number of benzene rings is 2.